The number of hydrogen-bond donors (Lipinski definition) is 19. The Bertz CT molecular complexity index is 4940. The minimum absolute atomic E-state index is 0.00404. The first-order valence-corrected chi connectivity index (χ1v) is 45.3. The summed E-state index contributed by atoms with van der Waals surface area (Å²) in [4.78, 5) is 272. The van der Waals surface area contributed by atoms with Gasteiger partial charge < -0.3 is 131 Å². The molecule has 0 saturated carbocycles. The number of fused-ring (bicyclic) bond motifs is 4. The Labute approximate surface area is 767 Å². The molecular formula is C88H125N21O22S. The lowest BCUT2D eigenvalue weighted by molar-refractivity contribution is -0.149. The molecule has 3 aromatic carbocycles. The summed E-state index contributed by atoms with van der Waals surface area (Å²) >= 11 is 0.800. The zero-order valence-electron chi connectivity index (χ0n) is 75.2. The molecule has 0 aliphatic carbocycles. The van der Waals surface area contributed by atoms with Crippen molar-refractivity contribution in [1.82, 2.24) is 87.6 Å². The molecule has 8 rings (SSSR count). The van der Waals surface area contributed by atoms with E-state index in [1.165, 1.54) is 41.4 Å². The molecule has 0 radical (unpaired) electrons. The number of likely N-dealkylation sites (N-methyl/N-ethyl adjacent to an activating group) is 3. The highest BCUT2D eigenvalue weighted by atomic mass is 32.2. The lowest BCUT2D eigenvalue weighted by atomic mass is 9.99. The number of aromatic nitrogens is 2. The average Bonchev–Trinajstić information content (AvgIpc) is 1.78. The fourth-order valence-electron chi connectivity index (χ4n) is 16.2. The van der Waals surface area contributed by atoms with Gasteiger partial charge in [0, 0.05) is 113 Å². The summed E-state index contributed by atoms with van der Waals surface area (Å²) in [6.45, 7) is 2.77. The van der Waals surface area contributed by atoms with E-state index >= 15 is 33.6 Å². The Morgan fingerprint density at radius 2 is 1.04 bits per heavy atom. The van der Waals surface area contributed by atoms with Crippen LogP contribution >= 0.6 is 11.8 Å². The maximum absolute atomic E-state index is 15.7. The van der Waals surface area contributed by atoms with Crippen molar-refractivity contribution in [3.05, 3.63) is 102 Å². The minimum Gasteiger partial charge on any atom is -0.497 e. The van der Waals surface area contributed by atoms with Gasteiger partial charge in [-0.1, -0.05) is 88.1 Å². The van der Waals surface area contributed by atoms with Crippen molar-refractivity contribution in [2.75, 3.05) is 79.0 Å². The highest BCUT2D eigenvalue weighted by Gasteiger charge is 2.47. The van der Waals surface area contributed by atoms with E-state index < -0.39 is 260 Å². The number of carbonyl (C=O) groups is 18. The number of H-pyrrole nitrogens is 2. The van der Waals surface area contributed by atoms with Gasteiger partial charge in [-0.25, -0.2) is 0 Å². The summed E-state index contributed by atoms with van der Waals surface area (Å²) in [5, 5.41) is 58.8. The molecule has 44 heteroatoms. The van der Waals surface area contributed by atoms with E-state index in [1.54, 1.807) is 79.0 Å². The number of ether oxygens (including phenoxy) is 1. The van der Waals surface area contributed by atoms with Gasteiger partial charge in [0.05, 0.1) is 31.9 Å². The highest BCUT2D eigenvalue weighted by Crippen LogP contribution is 2.28. The third kappa shape index (κ3) is 28.8. The lowest BCUT2D eigenvalue weighted by Crippen LogP contribution is -2.61. The highest BCUT2D eigenvalue weighted by molar-refractivity contribution is 8.00. The third-order valence-electron chi connectivity index (χ3n) is 23.7. The maximum atomic E-state index is 15.7. The second-order valence-corrected chi connectivity index (χ2v) is 34.2. The molecule has 0 unspecified atom stereocenters. The van der Waals surface area contributed by atoms with Crippen LogP contribution in [0.5, 0.6) is 5.75 Å². The summed E-state index contributed by atoms with van der Waals surface area (Å²) in [6, 6.07) is -2.04. The fraction of sp³-hybridized carbons (Fsp3) is 0.545. The number of unbranched alkanes of at least 4 members (excludes halogenated alkanes) is 2. The number of rotatable bonds is 27. The number of carboxylic acids is 2. The summed E-state index contributed by atoms with van der Waals surface area (Å²) in [7, 11) is 5.35. The smallest absolute Gasteiger partial charge is 0.305 e. The van der Waals surface area contributed by atoms with Crippen LogP contribution in [0.3, 0.4) is 0 Å². The fourth-order valence-corrected chi connectivity index (χ4v) is 17.0. The summed E-state index contributed by atoms with van der Waals surface area (Å²) in [5.41, 5.74) is 26.1. The first-order valence-electron chi connectivity index (χ1n) is 44.2. The van der Waals surface area contributed by atoms with Gasteiger partial charge in [-0.2, -0.15) is 0 Å². The van der Waals surface area contributed by atoms with Gasteiger partial charge in [-0.3, -0.25) is 86.3 Å². The van der Waals surface area contributed by atoms with Crippen LogP contribution in [-0.4, -0.2) is 326 Å². The maximum Gasteiger partial charge on any atom is 0.305 e. The van der Waals surface area contributed by atoms with E-state index in [4.69, 9.17) is 27.7 Å². The number of aliphatic hydroxyl groups excluding tert-OH is 1. The van der Waals surface area contributed by atoms with Crippen molar-refractivity contribution >= 4 is 140 Å². The number of thioether (sulfide) groups is 1. The predicted octanol–water partition coefficient (Wildman–Crippen LogP) is -3.38. The van der Waals surface area contributed by atoms with Crippen LogP contribution in [0.2, 0.25) is 0 Å². The van der Waals surface area contributed by atoms with Gasteiger partial charge in [0.1, 0.15) is 90.3 Å². The Hall–Kier alpha value is -12.8. The molecule has 16 amide bonds. The average molecular weight is 1860 g/mol. The third-order valence-corrected chi connectivity index (χ3v) is 24.7. The van der Waals surface area contributed by atoms with Crippen LogP contribution in [0.1, 0.15) is 134 Å². The van der Waals surface area contributed by atoms with Crippen LogP contribution in [0, 0.1) is 0 Å². The van der Waals surface area contributed by atoms with Crippen molar-refractivity contribution in [2.24, 2.45) is 22.9 Å². The number of carbonyl (C=O) groups excluding carboxylic acids is 16. The van der Waals surface area contributed by atoms with Gasteiger partial charge in [0.15, 0.2) is 0 Å². The van der Waals surface area contributed by atoms with E-state index in [0.717, 1.165) is 36.3 Å². The van der Waals surface area contributed by atoms with Gasteiger partial charge in [-0.05, 0) is 112 Å². The topological polar surface area (TPSA) is 649 Å². The van der Waals surface area contributed by atoms with Crippen LogP contribution in [0.15, 0.2) is 85.2 Å². The number of nitrogens with two attached hydrogens (primary N) is 4. The quantitative estimate of drug-likeness (QED) is 0.0244. The number of primary amides is 1. The number of hydrogen-bond acceptors (Lipinski definition) is 24. The largest absolute Gasteiger partial charge is 0.497 e. The van der Waals surface area contributed by atoms with E-state index in [1.807, 2.05) is 13.8 Å². The van der Waals surface area contributed by atoms with Crippen molar-refractivity contribution in [3.63, 3.8) is 0 Å². The molecule has 43 nitrogen and oxygen atoms in total. The lowest BCUT2D eigenvalue weighted by Gasteiger charge is -2.36. The van der Waals surface area contributed by atoms with Crippen LogP contribution in [-0.2, 0) is 106 Å². The zero-order chi connectivity index (χ0) is 96.7. The zero-order valence-corrected chi connectivity index (χ0v) is 76.0. The van der Waals surface area contributed by atoms with Crippen molar-refractivity contribution in [1.29, 1.82) is 0 Å². The number of para-hydroxylation sites is 2. The minimum atomic E-state index is -2.07. The first-order chi connectivity index (χ1) is 62.9. The van der Waals surface area contributed by atoms with Gasteiger partial charge in [0.25, 0.3) is 0 Å². The summed E-state index contributed by atoms with van der Waals surface area (Å²) < 4.78 is 5.34. The molecule has 5 aromatic rings. The number of nitrogens with zero attached hydrogens (tertiary/aromatic N) is 5. The molecule has 0 spiro atoms. The first kappa shape index (κ1) is 105. The van der Waals surface area contributed by atoms with Crippen LogP contribution < -0.4 is 80.8 Å². The molecule has 5 heterocycles. The predicted molar refractivity (Wildman–Crippen MR) is 483 cm³/mol. The monoisotopic (exact) mass is 1860 g/mol. The Morgan fingerprint density at radius 3 is 1.64 bits per heavy atom. The summed E-state index contributed by atoms with van der Waals surface area (Å²) in [5.74, 6) is -19.0. The number of benzene rings is 3. The number of aromatic amines is 2. The molecule has 3 fully saturated rings. The normalized spacial score (nSPS) is 25.0. The molecule has 15 atom stereocenters. The number of amides is 16. The summed E-state index contributed by atoms with van der Waals surface area (Å²) in [6.07, 6.45) is -0.886. The molecule has 23 N–H and O–H groups in total. The number of aliphatic hydroxyl groups is 1. The van der Waals surface area contributed by atoms with Gasteiger partial charge >= 0.3 is 11.9 Å². The number of carboxylic acid groups (broad SMARTS) is 2. The van der Waals surface area contributed by atoms with Crippen LogP contribution in [0.25, 0.3) is 21.8 Å². The van der Waals surface area contributed by atoms with Gasteiger partial charge in [-0.15, -0.1) is 11.8 Å². The van der Waals surface area contributed by atoms with E-state index in [0.29, 0.717) is 69.9 Å². The Kier molecular flexibility index (Phi) is 40.0. The molecule has 2 aromatic heterocycles. The molecule has 132 heavy (non-hydrogen) atoms. The standard InChI is InChI=1S/C88H125N21O22S/c1-8-10-23-67-81(123)97-58(22-16-33-89)77(119)104-66(76(118)95-44-71(92)111)46-132-47-72(112)96-63(36-49-26-28-53(131-7)29-27-49)84(126)105(4)48(3)75(117)98-60(32-34-90)86(128)108-35-17-25-68(108)82(124)103-65(41-91)80(122)99-59(30-31-73(113)114)87(129)109-45-52(110)39-70(109)83(125)101-61(37-50-42-93-56-20-14-12-18-54(50)56)78(120)100-62(40-74(115)116)79(121)102-64(38-51-43-94-57-21-15-13-19-55(51)57)85(127)107(6)69(24-11-9-2)88(130)106(67)5/h12-15,18-21,26-29,42-43,48,52,58-70,93-94,110H,8-11,16-17,22-25,30-41,44-47,89-91H2,1-7H3,(H2,92,111)(H,95,118)(H,96,112)(H,97,123)(H,98,117)(H,99,122)(H,100,120)(H,101,125)(H,102,121)(H,103,124)(H,104,119)(H,113,114)(H,115,116)/t48-,52+,58-,59-,60+,61-,62-,63-,64-,65-,66-,67-,68-,69-,70-/m0/s1. The number of nitrogens with one attached hydrogen (secondary N) is 12. The molecule has 3 saturated heterocycles. The van der Waals surface area contributed by atoms with Crippen molar-refractivity contribution in [2.45, 2.75) is 227 Å². The molecule has 720 valence electrons. The van der Waals surface area contributed by atoms with E-state index in [-0.39, 0.29) is 77.4 Å². The molecule has 3 aliphatic rings. The molecule has 0 bridgehead atoms. The Morgan fingerprint density at radius 1 is 0.515 bits per heavy atom. The van der Waals surface area contributed by atoms with Gasteiger partial charge in [0.2, 0.25) is 94.5 Å². The second-order valence-electron chi connectivity index (χ2n) is 33.2. The number of aliphatic carboxylic acids is 2. The molecular weight excluding hydrogens is 1740 g/mol. The SMILES string of the molecule is CCCC[C@H]1C(=O)N(C)[C@@H](CCCC)C(=O)N[C@@H](CCCN)C(=O)N[C@H](C(=O)NCC(N)=O)CSCC(=O)N[C@@H](Cc2ccc(OC)cc2)C(=O)N(C)[C@@H](C)C(=O)N[C@H](CCN)C(=O)N2CCC[C@H]2C(=O)N[C@@H](CN)C(=O)N[C@@H](CCC(=O)O)C(=O)N2C[C@H](O)C[C@H]2C(=O)N[C@@H](Cc2c[nH]c3ccccc23)C(=O)N[C@@H](CC(=O)O)C(=O)N[C@@H](Cc2c[nH]c3ccccc23)C(=O)N1C. The second kappa shape index (κ2) is 50.6. The van der Waals surface area contributed by atoms with Crippen molar-refractivity contribution in [3.8, 4) is 5.75 Å². The van der Waals surface area contributed by atoms with E-state index in [2.05, 4.69) is 63.1 Å². The Balaban J connectivity index is 1.19. The van der Waals surface area contributed by atoms with Crippen LogP contribution in [0.4, 0.5) is 0 Å². The number of methoxy groups -OCH3 is 1. The van der Waals surface area contributed by atoms with E-state index in [9.17, 15) is 68.1 Å². The molecule has 3 aliphatic heterocycles. The van der Waals surface area contributed by atoms with Crippen molar-refractivity contribution < 1.29 is 106 Å².